The van der Waals surface area contributed by atoms with E-state index in [2.05, 4.69) is 48.0 Å². The third-order valence-corrected chi connectivity index (χ3v) is 1.96. The molecule has 10 heavy (non-hydrogen) atoms. The quantitative estimate of drug-likeness (QED) is 0.600. The van der Waals surface area contributed by atoms with E-state index in [4.69, 9.17) is 0 Å². The normalized spacial score (nSPS) is 8.70. The molecule has 0 heterocycles. The minimum absolute atomic E-state index is 0. The lowest BCUT2D eigenvalue weighted by molar-refractivity contribution is 1.33. The zero-order valence-electron chi connectivity index (χ0n) is 5.61. The van der Waals surface area contributed by atoms with Crippen molar-refractivity contribution in [3.05, 3.63) is 33.8 Å². The summed E-state index contributed by atoms with van der Waals surface area (Å²) in [6, 6.07) is 6.29. The van der Waals surface area contributed by atoms with Crippen LogP contribution in [0.5, 0.6) is 0 Å². The fourth-order valence-electron chi connectivity index (χ4n) is 0.705. The summed E-state index contributed by atoms with van der Waals surface area (Å²) in [6.07, 6.45) is 0. The van der Waals surface area contributed by atoms with Crippen molar-refractivity contribution in [1.29, 1.82) is 0 Å². The van der Waals surface area contributed by atoms with Crippen LogP contribution in [0.25, 0.3) is 0 Å². The van der Waals surface area contributed by atoms with Crippen molar-refractivity contribution in [2.24, 2.45) is 0 Å². The molecule has 0 aromatic heterocycles. The van der Waals surface area contributed by atoms with E-state index < -0.39 is 0 Å². The number of benzene rings is 1. The maximum atomic E-state index is 3.40. The Labute approximate surface area is 71.4 Å². The van der Waals surface area contributed by atoms with Crippen LogP contribution in [0.4, 0.5) is 0 Å². The molecule has 0 radical (unpaired) electrons. The molecule has 0 atom stereocenters. The number of aryl methyl sites for hydroxylation is 2. The zero-order valence-corrected chi connectivity index (χ0v) is 7.20. The van der Waals surface area contributed by atoms with Gasteiger partial charge in [0.25, 0.3) is 0 Å². The lowest BCUT2D eigenvalue weighted by Gasteiger charge is -1.97. The van der Waals surface area contributed by atoms with E-state index in [-0.39, 0.29) is 7.43 Å². The van der Waals surface area contributed by atoms with Crippen molar-refractivity contribution in [3.63, 3.8) is 0 Å². The van der Waals surface area contributed by atoms with Gasteiger partial charge >= 0.3 is 0 Å². The molecule has 0 bridgehead atoms. The van der Waals surface area contributed by atoms with Crippen LogP contribution in [-0.4, -0.2) is 0 Å². The van der Waals surface area contributed by atoms with Crippen LogP contribution in [0, 0.1) is 13.8 Å². The molecule has 1 aromatic rings. The highest BCUT2D eigenvalue weighted by atomic mass is 79.9. The number of hydrogen-bond acceptors (Lipinski definition) is 0. The van der Waals surface area contributed by atoms with E-state index in [1.54, 1.807) is 0 Å². The van der Waals surface area contributed by atoms with Gasteiger partial charge in [-0.3, -0.25) is 0 Å². The second kappa shape index (κ2) is 3.77. The fourth-order valence-corrected chi connectivity index (χ4v) is 1.18. The first kappa shape index (κ1) is 9.70. The first-order chi connectivity index (χ1) is 4.20. The summed E-state index contributed by atoms with van der Waals surface area (Å²) in [6.45, 7) is 4.22. The SMILES string of the molecule is C.Cc1ccc(Br)cc1C. The van der Waals surface area contributed by atoms with Gasteiger partial charge < -0.3 is 0 Å². The van der Waals surface area contributed by atoms with Crippen LogP contribution in [0.15, 0.2) is 22.7 Å². The van der Waals surface area contributed by atoms with E-state index in [9.17, 15) is 0 Å². The first-order valence-corrected chi connectivity index (χ1v) is 3.72. The van der Waals surface area contributed by atoms with Gasteiger partial charge in [0.15, 0.2) is 0 Å². The second-order valence-electron chi connectivity index (χ2n) is 2.23. The van der Waals surface area contributed by atoms with Crippen molar-refractivity contribution in [2.45, 2.75) is 21.3 Å². The summed E-state index contributed by atoms with van der Waals surface area (Å²) in [5.74, 6) is 0. The summed E-state index contributed by atoms with van der Waals surface area (Å²) < 4.78 is 1.16. The third-order valence-electron chi connectivity index (χ3n) is 1.47. The third kappa shape index (κ3) is 2.14. The predicted molar refractivity (Wildman–Crippen MR) is 50.3 cm³/mol. The lowest BCUT2D eigenvalue weighted by atomic mass is 10.1. The van der Waals surface area contributed by atoms with Crippen molar-refractivity contribution in [2.75, 3.05) is 0 Å². The van der Waals surface area contributed by atoms with Gasteiger partial charge in [-0.25, -0.2) is 0 Å². The minimum atomic E-state index is 0. The number of halogens is 1. The number of hydrogen-bond donors (Lipinski definition) is 0. The molecule has 0 amide bonds. The predicted octanol–water partition coefficient (Wildman–Crippen LogP) is 3.70. The summed E-state index contributed by atoms with van der Waals surface area (Å²) in [7, 11) is 0. The van der Waals surface area contributed by atoms with Crippen LogP contribution in [0.2, 0.25) is 0 Å². The van der Waals surface area contributed by atoms with E-state index in [1.165, 1.54) is 11.1 Å². The fraction of sp³-hybridized carbons (Fsp3) is 0.333. The monoisotopic (exact) mass is 200 g/mol. The molecule has 0 fully saturated rings. The smallest absolute Gasteiger partial charge is 0.0178 e. The van der Waals surface area contributed by atoms with Gasteiger partial charge in [0, 0.05) is 4.47 Å². The Hall–Kier alpha value is -0.300. The molecule has 0 N–H and O–H groups in total. The van der Waals surface area contributed by atoms with Crippen molar-refractivity contribution < 1.29 is 0 Å². The summed E-state index contributed by atoms with van der Waals surface area (Å²) in [4.78, 5) is 0. The van der Waals surface area contributed by atoms with Gasteiger partial charge in [-0.1, -0.05) is 29.4 Å². The summed E-state index contributed by atoms with van der Waals surface area (Å²) in [5.41, 5.74) is 2.68. The highest BCUT2D eigenvalue weighted by Crippen LogP contribution is 2.14. The standard InChI is InChI=1S/C8H9Br.CH4/c1-6-3-4-8(9)5-7(6)2;/h3-5H,1-2H3;1H4. The molecular formula is C9H13Br. The Morgan fingerprint density at radius 3 is 2.10 bits per heavy atom. The van der Waals surface area contributed by atoms with E-state index in [1.807, 2.05) is 0 Å². The topological polar surface area (TPSA) is 0 Å². The molecule has 1 aromatic carbocycles. The average Bonchev–Trinajstić information content (AvgIpc) is 1.80. The molecule has 0 saturated carbocycles. The molecule has 0 aliphatic carbocycles. The molecule has 0 spiro atoms. The molecule has 56 valence electrons. The maximum Gasteiger partial charge on any atom is 0.0178 e. The number of rotatable bonds is 0. The lowest BCUT2D eigenvalue weighted by Crippen LogP contribution is -1.77. The van der Waals surface area contributed by atoms with Crippen molar-refractivity contribution in [1.82, 2.24) is 0 Å². The first-order valence-electron chi connectivity index (χ1n) is 2.93. The Bertz CT molecular complexity index is 216. The van der Waals surface area contributed by atoms with Crippen LogP contribution < -0.4 is 0 Å². The highest BCUT2D eigenvalue weighted by molar-refractivity contribution is 9.10. The average molecular weight is 201 g/mol. The van der Waals surface area contributed by atoms with Crippen molar-refractivity contribution >= 4 is 15.9 Å². The van der Waals surface area contributed by atoms with Gasteiger partial charge in [-0.2, -0.15) is 0 Å². The molecule has 0 aliphatic heterocycles. The summed E-state index contributed by atoms with van der Waals surface area (Å²) in [5, 5.41) is 0. The van der Waals surface area contributed by atoms with E-state index in [0.29, 0.717) is 0 Å². The van der Waals surface area contributed by atoms with Gasteiger partial charge in [0.1, 0.15) is 0 Å². The molecule has 0 nitrogen and oxygen atoms in total. The molecule has 1 heteroatoms. The molecule has 1 rings (SSSR count). The Morgan fingerprint density at radius 1 is 1.10 bits per heavy atom. The van der Waals surface area contributed by atoms with Crippen molar-refractivity contribution in [3.8, 4) is 0 Å². The molecule has 0 saturated heterocycles. The maximum absolute atomic E-state index is 3.40. The van der Waals surface area contributed by atoms with Gasteiger partial charge in [0.05, 0.1) is 0 Å². The minimum Gasteiger partial charge on any atom is -0.0776 e. The molecule has 0 aliphatic rings. The van der Waals surface area contributed by atoms with Crippen LogP contribution in [-0.2, 0) is 0 Å². The molecule has 0 unspecified atom stereocenters. The van der Waals surface area contributed by atoms with E-state index >= 15 is 0 Å². The van der Waals surface area contributed by atoms with Gasteiger partial charge in [0.2, 0.25) is 0 Å². The second-order valence-corrected chi connectivity index (χ2v) is 3.14. The van der Waals surface area contributed by atoms with Gasteiger partial charge in [-0.15, -0.1) is 0 Å². The van der Waals surface area contributed by atoms with E-state index in [0.717, 1.165) is 4.47 Å². The van der Waals surface area contributed by atoms with Crippen LogP contribution in [0.1, 0.15) is 18.6 Å². The summed E-state index contributed by atoms with van der Waals surface area (Å²) >= 11 is 3.40. The zero-order chi connectivity index (χ0) is 6.85. The Balaban J connectivity index is 0.000000810. The Kier molecular flexibility index (Phi) is 3.66. The van der Waals surface area contributed by atoms with Gasteiger partial charge in [-0.05, 0) is 37.1 Å². The highest BCUT2D eigenvalue weighted by Gasteiger charge is 1.90. The van der Waals surface area contributed by atoms with Crippen LogP contribution >= 0.6 is 15.9 Å². The molecular weight excluding hydrogens is 188 g/mol. The Morgan fingerprint density at radius 2 is 1.70 bits per heavy atom. The van der Waals surface area contributed by atoms with Crippen LogP contribution in [0.3, 0.4) is 0 Å². The largest absolute Gasteiger partial charge is 0.0776 e.